The largest absolute Gasteiger partial charge is 0.345 e. The van der Waals surface area contributed by atoms with Gasteiger partial charge in [0.1, 0.15) is 12.1 Å². The number of amides is 1. The maximum absolute atomic E-state index is 12.5. The SMILES string of the molecule is O=C(N[C@H]1CCSc2ccccc21)c1ccc(-n2ccnc2)nc1. The Morgan fingerprint density at radius 3 is 2.96 bits per heavy atom. The van der Waals surface area contributed by atoms with Crippen molar-refractivity contribution in [2.24, 2.45) is 0 Å². The Hall–Kier alpha value is -2.60. The van der Waals surface area contributed by atoms with Gasteiger partial charge in [-0.05, 0) is 30.2 Å². The molecule has 120 valence electrons. The number of rotatable bonds is 3. The molecule has 0 unspecified atom stereocenters. The molecule has 4 rings (SSSR count). The van der Waals surface area contributed by atoms with E-state index in [0.717, 1.165) is 18.0 Å². The maximum Gasteiger partial charge on any atom is 0.253 e. The standard InChI is InChI=1S/C18H16N4OS/c23-18(13-5-6-17(20-11-13)22-9-8-19-12-22)21-15-7-10-24-16-4-2-1-3-14(15)16/h1-6,8-9,11-12,15H,7,10H2,(H,21,23)/t15-/m0/s1. The third-order valence-corrected chi connectivity index (χ3v) is 5.17. The van der Waals surface area contributed by atoms with Crippen LogP contribution in [0, 0.1) is 0 Å². The smallest absolute Gasteiger partial charge is 0.253 e. The van der Waals surface area contributed by atoms with Gasteiger partial charge in [-0.15, -0.1) is 11.8 Å². The van der Waals surface area contributed by atoms with Crippen LogP contribution < -0.4 is 5.32 Å². The zero-order chi connectivity index (χ0) is 16.4. The molecule has 1 aliphatic heterocycles. The molecule has 1 aromatic carbocycles. The highest BCUT2D eigenvalue weighted by Gasteiger charge is 2.22. The Kier molecular flexibility index (Phi) is 4.04. The van der Waals surface area contributed by atoms with E-state index in [4.69, 9.17) is 0 Å². The van der Waals surface area contributed by atoms with Crippen LogP contribution in [-0.4, -0.2) is 26.2 Å². The fourth-order valence-corrected chi connectivity index (χ4v) is 3.93. The Morgan fingerprint density at radius 1 is 1.25 bits per heavy atom. The molecular weight excluding hydrogens is 320 g/mol. The first-order valence-electron chi connectivity index (χ1n) is 7.78. The van der Waals surface area contributed by atoms with Crippen LogP contribution in [0.1, 0.15) is 28.4 Å². The van der Waals surface area contributed by atoms with Crippen LogP contribution in [0.15, 0.2) is 66.2 Å². The second kappa shape index (κ2) is 6.49. The predicted molar refractivity (Wildman–Crippen MR) is 93.3 cm³/mol. The van der Waals surface area contributed by atoms with E-state index in [-0.39, 0.29) is 11.9 Å². The van der Waals surface area contributed by atoms with Gasteiger partial charge < -0.3 is 5.32 Å². The molecule has 3 aromatic rings. The number of benzene rings is 1. The molecule has 2 aromatic heterocycles. The van der Waals surface area contributed by atoms with Gasteiger partial charge in [-0.3, -0.25) is 9.36 Å². The van der Waals surface area contributed by atoms with Crippen molar-refractivity contribution >= 4 is 17.7 Å². The van der Waals surface area contributed by atoms with E-state index in [2.05, 4.69) is 27.4 Å². The minimum Gasteiger partial charge on any atom is -0.345 e. The zero-order valence-corrected chi connectivity index (χ0v) is 13.7. The summed E-state index contributed by atoms with van der Waals surface area (Å²) in [7, 11) is 0. The minimum atomic E-state index is -0.0913. The molecule has 0 spiro atoms. The van der Waals surface area contributed by atoms with Gasteiger partial charge in [0.05, 0.1) is 11.6 Å². The number of pyridine rings is 1. The molecule has 1 atom stereocenters. The van der Waals surface area contributed by atoms with E-state index >= 15 is 0 Å². The van der Waals surface area contributed by atoms with Crippen molar-refractivity contribution in [3.63, 3.8) is 0 Å². The number of fused-ring (bicyclic) bond motifs is 1. The highest BCUT2D eigenvalue weighted by atomic mass is 32.2. The fourth-order valence-electron chi connectivity index (χ4n) is 2.80. The monoisotopic (exact) mass is 336 g/mol. The molecule has 3 heterocycles. The van der Waals surface area contributed by atoms with Gasteiger partial charge in [0.15, 0.2) is 0 Å². The molecule has 0 fully saturated rings. The molecule has 5 nitrogen and oxygen atoms in total. The van der Waals surface area contributed by atoms with Crippen LogP contribution in [0.3, 0.4) is 0 Å². The van der Waals surface area contributed by atoms with Crippen LogP contribution in [0.5, 0.6) is 0 Å². The molecule has 0 radical (unpaired) electrons. The molecule has 0 aliphatic carbocycles. The first-order chi connectivity index (χ1) is 11.8. The first-order valence-corrected chi connectivity index (χ1v) is 8.77. The van der Waals surface area contributed by atoms with E-state index in [0.29, 0.717) is 5.56 Å². The van der Waals surface area contributed by atoms with Crippen molar-refractivity contribution in [3.05, 3.63) is 72.4 Å². The summed E-state index contributed by atoms with van der Waals surface area (Å²) in [6, 6.07) is 11.9. The topological polar surface area (TPSA) is 59.8 Å². The Labute approximate surface area is 144 Å². The van der Waals surface area contributed by atoms with Crippen LogP contribution in [0.25, 0.3) is 5.82 Å². The number of carbonyl (C=O) groups is 1. The number of hydrogen-bond acceptors (Lipinski definition) is 4. The van der Waals surface area contributed by atoms with Gasteiger partial charge in [0, 0.05) is 29.2 Å². The summed E-state index contributed by atoms with van der Waals surface area (Å²) in [6.07, 6.45) is 7.74. The van der Waals surface area contributed by atoms with Crippen LogP contribution in [0.4, 0.5) is 0 Å². The highest BCUT2D eigenvalue weighted by molar-refractivity contribution is 7.99. The molecular formula is C18H16N4OS. The summed E-state index contributed by atoms with van der Waals surface area (Å²) >= 11 is 1.84. The number of thioether (sulfide) groups is 1. The lowest BCUT2D eigenvalue weighted by atomic mass is 10.0. The normalized spacial score (nSPS) is 16.4. The minimum absolute atomic E-state index is 0.0586. The number of nitrogens with zero attached hydrogens (tertiary/aromatic N) is 3. The van der Waals surface area contributed by atoms with Gasteiger partial charge in [0.25, 0.3) is 5.91 Å². The molecule has 24 heavy (non-hydrogen) atoms. The number of nitrogens with one attached hydrogen (secondary N) is 1. The highest BCUT2D eigenvalue weighted by Crippen LogP contribution is 2.35. The second-order valence-electron chi connectivity index (χ2n) is 5.58. The number of aromatic nitrogens is 3. The van der Waals surface area contributed by atoms with Gasteiger partial charge in [-0.25, -0.2) is 9.97 Å². The molecule has 0 bridgehead atoms. The number of carbonyl (C=O) groups excluding carboxylic acids is 1. The molecule has 0 saturated heterocycles. The second-order valence-corrected chi connectivity index (χ2v) is 6.71. The van der Waals surface area contributed by atoms with Crippen LogP contribution >= 0.6 is 11.8 Å². The molecule has 1 N–H and O–H groups in total. The van der Waals surface area contributed by atoms with Gasteiger partial charge in [-0.1, -0.05) is 18.2 Å². The van der Waals surface area contributed by atoms with Crippen LogP contribution in [0.2, 0.25) is 0 Å². The van der Waals surface area contributed by atoms with Crippen molar-refractivity contribution in [3.8, 4) is 5.82 Å². The average molecular weight is 336 g/mol. The van der Waals surface area contributed by atoms with Crippen molar-refractivity contribution in [1.29, 1.82) is 0 Å². The van der Waals surface area contributed by atoms with E-state index in [9.17, 15) is 4.79 Å². The van der Waals surface area contributed by atoms with E-state index in [1.165, 1.54) is 10.5 Å². The first kappa shape index (κ1) is 15.0. The lowest BCUT2D eigenvalue weighted by Gasteiger charge is -2.25. The summed E-state index contributed by atoms with van der Waals surface area (Å²) in [5.74, 6) is 1.66. The fraction of sp³-hybridized carbons (Fsp3) is 0.167. The summed E-state index contributed by atoms with van der Waals surface area (Å²) < 4.78 is 1.80. The maximum atomic E-state index is 12.5. The third kappa shape index (κ3) is 2.92. The molecule has 1 amide bonds. The third-order valence-electron chi connectivity index (χ3n) is 4.04. The van der Waals surface area contributed by atoms with E-state index in [1.54, 1.807) is 29.4 Å². The van der Waals surface area contributed by atoms with Gasteiger partial charge >= 0.3 is 0 Å². The zero-order valence-electron chi connectivity index (χ0n) is 12.9. The Bertz CT molecular complexity index is 846. The average Bonchev–Trinajstić information content (AvgIpc) is 3.17. The van der Waals surface area contributed by atoms with Crippen molar-refractivity contribution in [2.45, 2.75) is 17.4 Å². The summed E-state index contributed by atoms with van der Waals surface area (Å²) in [5, 5.41) is 3.13. The van der Waals surface area contributed by atoms with E-state index < -0.39 is 0 Å². The quantitative estimate of drug-likeness (QED) is 0.798. The van der Waals surface area contributed by atoms with Crippen molar-refractivity contribution < 1.29 is 4.79 Å². The number of imidazole rings is 1. The Balaban J connectivity index is 1.51. The molecule has 0 saturated carbocycles. The molecule has 6 heteroatoms. The lowest BCUT2D eigenvalue weighted by Crippen LogP contribution is -2.30. The number of hydrogen-bond donors (Lipinski definition) is 1. The molecule has 1 aliphatic rings. The van der Waals surface area contributed by atoms with Crippen LogP contribution in [-0.2, 0) is 0 Å². The summed E-state index contributed by atoms with van der Waals surface area (Å²) in [4.78, 5) is 22.1. The predicted octanol–water partition coefficient (Wildman–Crippen LogP) is 3.23. The van der Waals surface area contributed by atoms with Crippen molar-refractivity contribution in [1.82, 2.24) is 19.9 Å². The Morgan fingerprint density at radius 2 is 2.17 bits per heavy atom. The summed E-state index contributed by atoms with van der Waals surface area (Å²) in [5.41, 5.74) is 1.76. The van der Waals surface area contributed by atoms with E-state index in [1.807, 2.05) is 36.2 Å². The van der Waals surface area contributed by atoms with Gasteiger partial charge in [0.2, 0.25) is 0 Å². The summed E-state index contributed by atoms with van der Waals surface area (Å²) in [6.45, 7) is 0. The lowest BCUT2D eigenvalue weighted by molar-refractivity contribution is 0.0934. The van der Waals surface area contributed by atoms with Gasteiger partial charge in [-0.2, -0.15) is 0 Å². The van der Waals surface area contributed by atoms with Crippen molar-refractivity contribution in [2.75, 3.05) is 5.75 Å².